The highest BCUT2D eigenvalue weighted by Gasteiger charge is 2.32. The molecule has 7 heteroatoms. The van der Waals surface area contributed by atoms with Crippen molar-refractivity contribution >= 4 is 21.4 Å². The summed E-state index contributed by atoms with van der Waals surface area (Å²) >= 11 is 1.48. The molecule has 1 aromatic heterocycles. The molecule has 108 valence electrons. The molecule has 5 nitrogen and oxygen atoms in total. The highest BCUT2D eigenvalue weighted by molar-refractivity contribution is 7.89. The first kappa shape index (κ1) is 14.9. The van der Waals surface area contributed by atoms with Crippen molar-refractivity contribution in [2.75, 3.05) is 26.8 Å². The number of nitrogens with zero attached hydrogens (tertiary/aromatic N) is 1. The summed E-state index contributed by atoms with van der Waals surface area (Å²) in [7, 11) is -1.77. The number of likely N-dealkylation sites (N-methyl/N-ethyl adjacent to an activating group) is 1. The highest BCUT2D eigenvalue weighted by atomic mass is 32.2. The molecule has 1 aliphatic heterocycles. The molecule has 1 fully saturated rings. The Morgan fingerprint density at radius 1 is 1.58 bits per heavy atom. The Bertz CT molecular complexity index is 507. The second-order valence-corrected chi connectivity index (χ2v) is 7.49. The van der Waals surface area contributed by atoms with E-state index in [4.69, 9.17) is 4.74 Å². The topological polar surface area (TPSA) is 58.6 Å². The molecule has 19 heavy (non-hydrogen) atoms. The van der Waals surface area contributed by atoms with Gasteiger partial charge in [-0.2, -0.15) is 4.31 Å². The van der Waals surface area contributed by atoms with Crippen molar-refractivity contribution in [1.82, 2.24) is 9.62 Å². The average molecular weight is 304 g/mol. The molecule has 2 heterocycles. The lowest BCUT2D eigenvalue weighted by molar-refractivity contribution is 0.181. The lowest BCUT2D eigenvalue weighted by Gasteiger charge is -2.22. The number of hydrogen-bond donors (Lipinski definition) is 1. The first-order chi connectivity index (χ1) is 9.07. The summed E-state index contributed by atoms with van der Waals surface area (Å²) in [5, 5.41) is 5.01. The first-order valence-electron chi connectivity index (χ1n) is 6.40. The Morgan fingerprint density at radius 3 is 3.00 bits per heavy atom. The Morgan fingerprint density at radius 2 is 2.37 bits per heavy atom. The largest absolute Gasteiger partial charge is 0.380 e. The lowest BCUT2D eigenvalue weighted by Crippen LogP contribution is -2.37. The summed E-state index contributed by atoms with van der Waals surface area (Å²) in [5.74, 6) is 0. The van der Waals surface area contributed by atoms with Crippen molar-refractivity contribution in [3.8, 4) is 0 Å². The van der Waals surface area contributed by atoms with Gasteiger partial charge in [0.25, 0.3) is 0 Å². The molecule has 2 rings (SSSR count). The molecule has 0 amide bonds. The normalized spacial score (nSPS) is 20.3. The van der Waals surface area contributed by atoms with Crippen molar-refractivity contribution in [2.24, 2.45) is 0 Å². The van der Waals surface area contributed by atoms with Gasteiger partial charge >= 0.3 is 0 Å². The van der Waals surface area contributed by atoms with E-state index in [1.165, 1.54) is 15.6 Å². The van der Waals surface area contributed by atoms with Gasteiger partial charge in [-0.3, -0.25) is 0 Å². The van der Waals surface area contributed by atoms with Crippen LogP contribution in [-0.2, 0) is 21.3 Å². The second kappa shape index (κ2) is 6.32. The van der Waals surface area contributed by atoms with Crippen molar-refractivity contribution in [2.45, 2.75) is 30.8 Å². The molecule has 1 aliphatic rings. The van der Waals surface area contributed by atoms with Crippen LogP contribution in [0.4, 0.5) is 0 Å². The smallest absolute Gasteiger partial charge is 0.244 e. The molecule has 1 saturated heterocycles. The Balaban J connectivity index is 2.21. The average Bonchev–Trinajstić information content (AvgIpc) is 3.06. The van der Waals surface area contributed by atoms with Crippen LogP contribution in [0.15, 0.2) is 16.3 Å². The summed E-state index contributed by atoms with van der Waals surface area (Å²) in [6.45, 7) is 4.55. The lowest BCUT2D eigenvalue weighted by atomic mass is 10.3. The summed E-state index contributed by atoms with van der Waals surface area (Å²) in [6, 6.07) is 1.65. The van der Waals surface area contributed by atoms with Crippen molar-refractivity contribution < 1.29 is 13.2 Å². The van der Waals surface area contributed by atoms with Crippen molar-refractivity contribution in [1.29, 1.82) is 0 Å². The Kier molecular flexibility index (Phi) is 4.97. The fourth-order valence-corrected chi connectivity index (χ4v) is 4.84. The number of ether oxygens (including phenoxy) is 1. The monoisotopic (exact) mass is 304 g/mol. The van der Waals surface area contributed by atoms with Crippen LogP contribution >= 0.6 is 11.3 Å². The third kappa shape index (κ3) is 3.17. The predicted octanol–water partition coefficient (Wildman–Crippen LogP) is 1.27. The van der Waals surface area contributed by atoms with Crippen LogP contribution in [0.1, 0.15) is 18.2 Å². The van der Waals surface area contributed by atoms with Crippen LogP contribution in [0.5, 0.6) is 0 Å². The molecule has 1 unspecified atom stereocenters. The fraction of sp³-hybridized carbons (Fsp3) is 0.667. The van der Waals surface area contributed by atoms with E-state index in [1.807, 2.05) is 12.3 Å². The van der Waals surface area contributed by atoms with Gasteiger partial charge in [-0.25, -0.2) is 8.42 Å². The van der Waals surface area contributed by atoms with Gasteiger partial charge in [0.1, 0.15) is 0 Å². The van der Waals surface area contributed by atoms with E-state index in [9.17, 15) is 8.42 Å². The third-order valence-electron chi connectivity index (χ3n) is 3.32. The molecule has 0 aliphatic carbocycles. The Labute approximate surface area is 118 Å². The minimum atomic E-state index is -3.42. The molecule has 0 bridgehead atoms. The summed E-state index contributed by atoms with van der Waals surface area (Å²) in [6.07, 6.45) is 0.766. The van der Waals surface area contributed by atoms with E-state index in [-0.39, 0.29) is 6.04 Å². The molecule has 0 aromatic carbocycles. The molecule has 1 N–H and O–H groups in total. The van der Waals surface area contributed by atoms with Gasteiger partial charge < -0.3 is 10.1 Å². The number of thiophene rings is 1. The number of hydrogen-bond acceptors (Lipinski definition) is 5. The van der Waals surface area contributed by atoms with E-state index in [0.717, 1.165) is 17.8 Å². The maximum absolute atomic E-state index is 12.6. The number of rotatable bonds is 6. The van der Waals surface area contributed by atoms with Crippen LogP contribution < -0.4 is 5.32 Å². The zero-order valence-electron chi connectivity index (χ0n) is 11.3. The fourth-order valence-electron chi connectivity index (χ4n) is 2.09. The minimum absolute atomic E-state index is 0.0446. The van der Waals surface area contributed by atoms with E-state index in [2.05, 4.69) is 5.32 Å². The first-order valence-corrected chi connectivity index (χ1v) is 8.72. The van der Waals surface area contributed by atoms with Crippen LogP contribution in [0.25, 0.3) is 0 Å². The van der Waals surface area contributed by atoms with Crippen LogP contribution in [0.2, 0.25) is 0 Å². The molecule has 0 radical (unpaired) electrons. The van der Waals surface area contributed by atoms with Gasteiger partial charge in [0.05, 0.1) is 17.5 Å². The second-order valence-electron chi connectivity index (χ2n) is 4.53. The van der Waals surface area contributed by atoms with Crippen molar-refractivity contribution in [3.05, 3.63) is 16.3 Å². The molecule has 0 spiro atoms. The maximum Gasteiger partial charge on any atom is 0.244 e. The number of nitrogens with one attached hydrogen (secondary N) is 1. The zero-order valence-corrected chi connectivity index (χ0v) is 12.9. The van der Waals surface area contributed by atoms with Crippen LogP contribution in [0, 0.1) is 0 Å². The highest BCUT2D eigenvalue weighted by Crippen LogP contribution is 2.27. The predicted molar refractivity (Wildman–Crippen MR) is 75.9 cm³/mol. The Hall–Kier alpha value is -0.470. The molecular weight excluding hydrogens is 284 g/mol. The van der Waals surface area contributed by atoms with E-state index >= 15 is 0 Å². The van der Waals surface area contributed by atoms with Gasteiger partial charge in [0.15, 0.2) is 0 Å². The van der Waals surface area contributed by atoms with Crippen LogP contribution in [-0.4, -0.2) is 45.6 Å². The van der Waals surface area contributed by atoms with Gasteiger partial charge in [-0.1, -0.05) is 6.92 Å². The summed E-state index contributed by atoms with van der Waals surface area (Å²) in [4.78, 5) is 1.29. The van der Waals surface area contributed by atoms with Gasteiger partial charge in [-0.15, -0.1) is 11.3 Å². The standard InChI is InChI=1S/C12H20N2O3S2/c1-3-13-8-11-12(5-7-18-11)19(15,16)14(2)10-4-6-17-9-10/h5,7,10,13H,3-4,6,8-9H2,1-2H3. The zero-order chi connectivity index (χ0) is 13.9. The molecule has 1 atom stereocenters. The maximum atomic E-state index is 12.6. The quantitative estimate of drug-likeness (QED) is 0.860. The van der Waals surface area contributed by atoms with Gasteiger partial charge in [-0.05, 0) is 24.4 Å². The summed E-state index contributed by atoms with van der Waals surface area (Å²) in [5.41, 5.74) is 0. The third-order valence-corrected chi connectivity index (χ3v) is 6.36. The van der Waals surface area contributed by atoms with Gasteiger partial charge in [0, 0.05) is 25.1 Å². The SMILES string of the molecule is CCNCc1sccc1S(=O)(=O)N(C)C1CCOC1. The van der Waals surface area contributed by atoms with Crippen molar-refractivity contribution in [3.63, 3.8) is 0 Å². The number of sulfonamides is 1. The molecular formula is C12H20N2O3S2. The van der Waals surface area contributed by atoms with E-state index < -0.39 is 10.0 Å². The summed E-state index contributed by atoms with van der Waals surface area (Å²) < 4.78 is 32.0. The van der Waals surface area contributed by atoms with E-state index in [0.29, 0.717) is 24.7 Å². The van der Waals surface area contributed by atoms with Gasteiger partial charge in [0.2, 0.25) is 10.0 Å². The molecule has 0 saturated carbocycles. The minimum Gasteiger partial charge on any atom is -0.380 e. The molecule has 1 aromatic rings. The van der Waals surface area contributed by atoms with E-state index in [1.54, 1.807) is 13.1 Å². The van der Waals surface area contributed by atoms with Crippen LogP contribution in [0.3, 0.4) is 0 Å².